The summed E-state index contributed by atoms with van der Waals surface area (Å²) in [6.45, 7) is 41.3. The molecule has 0 N–H and O–H groups in total. The fraction of sp³-hybridized carbons (Fsp3) is 0.350. The summed E-state index contributed by atoms with van der Waals surface area (Å²) in [7, 11) is 0. The van der Waals surface area contributed by atoms with Crippen molar-refractivity contribution >= 4 is 0 Å². The standard InChI is InChI=1S/C80H90O2/c1-73(2,3)57-23-35-63(36-24-57)79(64-37-25-58(26-38-64)74(4,5)6,65-39-27-59(28-40-65)75(7,8)9)69-47-51-71(52-48-69)81-55-21-19-20-22-56-82-72-53-49-70(50-54-72)80(66-41-29-60(30-42-66)76(10,11)12,67-43-31-61(32-44-67)77(13,14)15)68-45-33-62(34-46-68)78(16,17)18/h23-54H,55-56H2,1-18H3. The molecule has 8 aromatic rings. The van der Waals surface area contributed by atoms with Gasteiger partial charge in [0, 0.05) is 0 Å². The Kier molecular flexibility index (Phi) is 17.3. The Morgan fingerprint density at radius 1 is 0.207 bits per heavy atom. The van der Waals surface area contributed by atoms with Gasteiger partial charge < -0.3 is 9.47 Å². The molecule has 0 unspecified atom stereocenters. The molecule has 82 heavy (non-hydrogen) atoms. The van der Waals surface area contributed by atoms with Crippen LogP contribution in [-0.4, -0.2) is 13.2 Å². The largest absolute Gasteiger partial charge is 0.481 e. The molecule has 0 atom stereocenters. The fourth-order valence-electron chi connectivity index (χ4n) is 11.3. The van der Waals surface area contributed by atoms with E-state index in [1.165, 1.54) is 66.8 Å². The second kappa shape index (κ2) is 23.4. The molecule has 0 aliphatic carbocycles. The van der Waals surface area contributed by atoms with Crippen LogP contribution in [0.25, 0.3) is 0 Å². The number of rotatable bonds is 12. The van der Waals surface area contributed by atoms with Crippen molar-refractivity contribution in [3.63, 3.8) is 0 Å². The van der Waals surface area contributed by atoms with E-state index in [0.29, 0.717) is 0 Å². The van der Waals surface area contributed by atoms with Crippen LogP contribution in [0.2, 0.25) is 0 Å². The van der Waals surface area contributed by atoms with Crippen LogP contribution < -0.4 is 9.47 Å². The van der Waals surface area contributed by atoms with Crippen molar-refractivity contribution in [3.8, 4) is 35.2 Å². The Balaban J connectivity index is 1.04. The van der Waals surface area contributed by atoms with Gasteiger partial charge in [0.1, 0.15) is 24.7 Å². The fourth-order valence-corrected chi connectivity index (χ4v) is 11.3. The molecule has 0 aliphatic heterocycles. The Bertz CT molecular complexity index is 3000. The Hall–Kier alpha value is -7.52. The maximum Gasteiger partial charge on any atom is 0.150 e. The zero-order valence-electron chi connectivity index (χ0n) is 52.7. The third-order valence-electron chi connectivity index (χ3n) is 16.5. The molecule has 0 saturated carbocycles. The first-order chi connectivity index (χ1) is 38.4. The van der Waals surface area contributed by atoms with Gasteiger partial charge in [0.2, 0.25) is 0 Å². The van der Waals surface area contributed by atoms with Crippen LogP contribution in [-0.2, 0) is 43.3 Å². The average Bonchev–Trinajstić information content (AvgIpc) is 3.62. The minimum absolute atomic E-state index is 0.0238. The lowest BCUT2D eigenvalue weighted by molar-refractivity contribution is 0.369. The SMILES string of the molecule is CC(C)(C)c1ccc(C(c2ccc(OCC#CC#CCOc3ccc(C(c4ccc(C(C)(C)C)cc4)(c4ccc(C(C)(C)C)cc4)c4ccc(C(C)(C)C)cc4)cc3)cc2)(c2ccc(C(C)(C)C)cc2)c2ccc(C(C)(C)C)cc2)cc1. The number of hydrogen-bond donors (Lipinski definition) is 0. The van der Waals surface area contributed by atoms with Gasteiger partial charge in [-0.1, -0.05) is 294 Å². The molecule has 0 aliphatic rings. The van der Waals surface area contributed by atoms with Crippen LogP contribution in [0.15, 0.2) is 194 Å². The first-order valence-corrected chi connectivity index (χ1v) is 29.5. The molecule has 422 valence electrons. The van der Waals surface area contributed by atoms with Gasteiger partial charge in [-0.3, -0.25) is 0 Å². The van der Waals surface area contributed by atoms with Crippen molar-refractivity contribution in [1.82, 2.24) is 0 Å². The predicted octanol–water partition coefficient (Wildman–Crippen LogP) is 19.7. The summed E-state index contributed by atoms with van der Waals surface area (Å²) in [6.07, 6.45) is 0. The molecule has 0 bridgehead atoms. The Labute approximate surface area is 495 Å². The maximum absolute atomic E-state index is 6.25. The summed E-state index contributed by atoms with van der Waals surface area (Å²) in [5.74, 6) is 13.7. The lowest BCUT2D eigenvalue weighted by atomic mass is 9.64. The van der Waals surface area contributed by atoms with E-state index in [-0.39, 0.29) is 45.7 Å². The third kappa shape index (κ3) is 13.2. The molecule has 0 aromatic heterocycles. The van der Waals surface area contributed by atoms with Gasteiger partial charge >= 0.3 is 0 Å². The van der Waals surface area contributed by atoms with Crippen molar-refractivity contribution in [3.05, 3.63) is 272 Å². The van der Waals surface area contributed by atoms with Gasteiger partial charge in [-0.25, -0.2) is 0 Å². The van der Waals surface area contributed by atoms with Crippen molar-refractivity contribution < 1.29 is 9.47 Å². The summed E-state index contributed by atoms with van der Waals surface area (Å²) in [5.41, 5.74) is 16.3. The third-order valence-corrected chi connectivity index (χ3v) is 16.5. The van der Waals surface area contributed by atoms with Gasteiger partial charge in [-0.2, -0.15) is 0 Å². The van der Waals surface area contributed by atoms with E-state index in [1.54, 1.807) is 0 Å². The Morgan fingerprint density at radius 3 is 0.488 bits per heavy atom. The number of benzene rings is 8. The van der Waals surface area contributed by atoms with Crippen LogP contribution in [0.4, 0.5) is 0 Å². The van der Waals surface area contributed by atoms with E-state index in [2.05, 4.69) is 342 Å². The monoisotopic (exact) mass is 1080 g/mol. The van der Waals surface area contributed by atoms with Crippen LogP contribution in [0.5, 0.6) is 11.5 Å². The second-order valence-electron chi connectivity index (χ2n) is 28.7. The van der Waals surface area contributed by atoms with Crippen molar-refractivity contribution in [2.24, 2.45) is 0 Å². The van der Waals surface area contributed by atoms with E-state index in [4.69, 9.17) is 9.47 Å². The summed E-state index contributed by atoms with van der Waals surface area (Å²) >= 11 is 0. The lowest BCUT2D eigenvalue weighted by Gasteiger charge is -2.38. The molecule has 0 saturated heterocycles. The van der Waals surface area contributed by atoms with Crippen LogP contribution >= 0.6 is 0 Å². The number of hydrogen-bond acceptors (Lipinski definition) is 2. The predicted molar refractivity (Wildman–Crippen MR) is 348 cm³/mol. The van der Waals surface area contributed by atoms with Gasteiger partial charge in [0.25, 0.3) is 0 Å². The number of ether oxygens (including phenoxy) is 2. The molecular formula is C80H90O2. The van der Waals surface area contributed by atoms with Gasteiger partial charge in [-0.05, 0) is 158 Å². The smallest absolute Gasteiger partial charge is 0.150 e. The minimum Gasteiger partial charge on any atom is -0.481 e. The second-order valence-corrected chi connectivity index (χ2v) is 28.7. The quantitative estimate of drug-likeness (QED) is 0.0897. The van der Waals surface area contributed by atoms with Gasteiger partial charge in [0.05, 0.1) is 10.8 Å². The van der Waals surface area contributed by atoms with Crippen molar-refractivity contribution in [2.75, 3.05) is 13.2 Å². The van der Waals surface area contributed by atoms with Crippen molar-refractivity contribution in [2.45, 2.75) is 168 Å². The van der Waals surface area contributed by atoms with E-state index in [1.807, 2.05) is 0 Å². The highest BCUT2D eigenvalue weighted by Gasteiger charge is 2.41. The molecule has 0 spiro atoms. The van der Waals surface area contributed by atoms with Gasteiger partial charge in [0.15, 0.2) is 0 Å². The molecule has 0 heterocycles. The zero-order valence-corrected chi connectivity index (χ0v) is 52.7. The molecule has 0 amide bonds. The van der Waals surface area contributed by atoms with Crippen LogP contribution in [0, 0.1) is 23.7 Å². The molecule has 8 rings (SSSR count). The zero-order chi connectivity index (χ0) is 59.5. The summed E-state index contributed by atoms with van der Waals surface area (Å²) < 4.78 is 12.5. The molecule has 0 radical (unpaired) electrons. The average molecular weight is 1080 g/mol. The Morgan fingerprint density at radius 2 is 0.341 bits per heavy atom. The molecule has 2 nitrogen and oxygen atoms in total. The molecular weight excluding hydrogens is 993 g/mol. The summed E-state index contributed by atoms with van der Waals surface area (Å²) in [5, 5.41) is 0. The maximum atomic E-state index is 6.25. The van der Waals surface area contributed by atoms with E-state index in [9.17, 15) is 0 Å². The van der Waals surface area contributed by atoms with E-state index >= 15 is 0 Å². The van der Waals surface area contributed by atoms with E-state index in [0.717, 1.165) is 22.6 Å². The molecule has 8 aromatic carbocycles. The lowest BCUT2D eigenvalue weighted by Crippen LogP contribution is -2.31. The van der Waals surface area contributed by atoms with Crippen LogP contribution in [0.1, 0.15) is 203 Å². The topological polar surface area (TPSA) is 18.5 Å². The molecule has 2 heteroatoms. The summed E-state index contributed by atoms with van der Waals surface area (Å²) in [6, 6.07) is 72.8. The summed E-state index contributed by atoms with van der Waals surface area (Å²) in [4.78, 5) is 0. The van der Waals surface area contributed by atoms with Crippen molar-refractivity contribution in [1.29, 1.82) is 0 Å². The minimum atomic E-state index is -0.609. The first-order valence-electron chi connectivity index (χ1n) is 29.5. The highest BCUT2D eigenvalue weighted by atomic mass is 16.5. The first kappa shape index (κ1) is 60.6. The normalized spacial score (nSPS) is 12.7. The van der Waals surface area contributed by atoms with E-state index < -0.39 is 10.8 Å². The highest BCUT2D eigenvalue weighted by molar-refractivity contribution is 5.63. The van der Waals surface area contributed by atoms with Gasteiger partial charge in [-0.15, -0.1) is 0 Å². The highest BCUT2D eigenvalue weighted by Crippen LogP contribution is 2.49. The molecule has 0 fully saturated rings. The van der Waals surface area contributed by atoms with Crippen LogP contribution in [0.3, 0.4) is 0 Å².